The highest BCUT2D eigenvalue weighted by Gasteiger charge is 2.23. The zero-order valence-corrected chi connectivity index (χ0v) is 19.5. The van der Waals surface area contributed by atoms with Crippen molar-refractivity contribution >= 4 is 17.3 Å². The van der Waals surface area contributed by atoms with E-state index < -0.39 is 22.0 Å². The number of hydrogen-bond donors (Lipinski definition) is 1. The zero-order chi connectivity index (χ0) is 25.3. The molecule has 4 rings (SSSR count). The van der Waals surface area contributed by atoms with Gasteiger partial charge in [0.05, 0.1) is 16.2 Å². The third-order valence-electron chi connectivity index (χ3n) is 5.33. The van der Waals surface area contributed by atoms with Crippen molar-refractivity contribution < 1.29 is 14.2 Å². The van der Waals surface area contributed by atoms with E-state index in [4.69, 9.17) is 4.52 Å². The summed E-state index contributed by atoms with van der Waals surface area (Å²) in [4.78, 5) is 41.2. The molecular formula is C24H22N6O5. The quantitative estimate of drug-likeness (QED) is 0.323. The second-order valence-corrected chi connectivity index (χ2v) is 8.22. The Kier molecular flexibility index (Phi) is 6.24. The van der Waals surface area contributed by atoms with E-state index in [0.717, 1.165) is 0 Å². The number of para-hydroxylation sites is 3. The second-order valence-electron chi connectivity index (χ2n) is 8.22. The number of hydrogen-bond acceptors (Lipinski definition) is 8. The number of nitro benzene ring substituents is 1. The number of carbonyl (C=O) groups is 1. The fraction of sp³-hybridized carbons (Fsp3) is 0.208. The van der Waals surface area contributed by atoms with E-state index in [-0.39, 0.29) is 23.2 Å². The molecule has 0 unspecified atom stereocenters. The van der Waals surface area contributed by atoms with Crippen molar-refractivity contribution in [1.82, 2.24) is 19.9 Å². The van der Waals surface area contributed by atoms with Crippen molar-refractivity contribution in [2.75, 3.05) is 5.32 Å². The smallest absolute Gasteiger partial charge is 0.294 e. The van der Waals surface area contributed by atoms with Gasteiger partial charge in [-0.3, -0.25) is 19.7 Å². The first-order valence-corrected chi connectivity index (χ1v) is 10.8. The van der Waals surface area contributed by atoms with Gasteiger partial charge in [-0.2, -0.15) is 10.1 Å². The fourth-order valence-corrected chi connectivity index (χ4v) is 3.51. The SMILES string of the molecule is Cc1cccc(-c2nc(C(C)C)no2)c1NC(=O)c1nn(-c2ccccc2[N+](=O)[O-])c(C)cc1=O. The van der Waals surface area contributed by atoms with Crippen LogP contribution in [0.15, 0.2) is 57.8 Å². The number of aromatic nitrogens is 4. The van der Waals surface area contributed by atoms with Gasteiger partial charge in [0.1, 0.15) is 5.69 Å². The van der Waals surface area contributed by atoms with Crippen LogP contribution in [0.1, 0.15) is 47.3 Å². The van der Waals surface area contributed by atoms with Crippen LogP contribution < -0.4 is 10.7 Å². The molecule has 11 heteroatoms. The molecule has 11 nitrogen and oxygen atoms in total. The van der Waals surface area contributed by atoms with Crippen LogP contribution in [0.3, 0.4) is 0 Å². The maximum absolute atomic E-state index is 13.2. The Morgan fingerprint density at radius 3 is 2.57 bits per heavy atom. The van der Waals surface area contributed by atoms with Crippen molar-refractivity contribution in [3.05, 3.63) is 91.6 Å². The Hall–Kier alpha value is -4.67. The summed E-state index contributed by atoms with van der Waals surface area (Å²) in [6, 6.07) is 12.4. The molecule has 0 bridgehead atoms. The summed E-state index contributed by atoms with van der Waals surface area (Å²) in [6.45, 7) is 7.22. The van der Waals surface area contributed by atoms with E-state index in [1.165, 1.54) is 28.9 Å². The number of benzene rings is 2. The average molecular weight is 474 g/mol. The molecule has 1 N–H and O–H groups in total. The van der Waals surface area contributed by atoms with Gasteiger partial charge in [0, 0.05) is 23.7 Å². The molecule has 0 atom stereocenters. The van der Waals surface area contributed by atoms with E-state index in [2.05, 4.69) is 20.6 Å². The van der Waals surface area contributed by atoms with Crippen molar-refractivity contribution in [1.29, 1.82) is 0 Å². The van der Waals surface area contributed by atoms with Gasteiger partial charge >= 0.3 is 0 Å². The molecule has 0 saturated carbocycles. The first-order valence-electron chi connectivity index (χ1n) is 10.8. The second kappa shape index (κ2) is 9.29. The van der Waals surface area contributed by atoms with Crippen LogP contribution >= 0.6 is 0 Å². The number of nitrogens with zero attached hydrogens (tertiary/aromatic N) is 5. The van der Waals surface area contributed by atoms with Gasteiger partial charge in [-0.1, -0.05) is 43.3 Å². The number of rotatable bonds is 6. The van der Waals surface area contributed by atoms with Gasteiger partial charge in [-0.25, -0.2) is 4.68 Å². The van der Waals surface area contributed by atoms with E-state index in [1.807, 2.05) is 13.8 Å². The summed E-state index contributed by atoms with van der Waals surface area (Å²) in [5.74, 6) is 0.0160. The highest BCUT2D eigenvalue weighted by Crippen LogP contribution is 2.31. The number of anilines is 1. The number of aryl methyl sites for hydroxylation is 2. The molecule has 0 aliphatic carbocycles. The number of nitro groups is 1. The van der Waals surface area contributed by atoms with Gasteiger partial charge in [-0.05, 0) is 31.5 Å². The molecule has 2 aromatic heterocycles. The lowest BCUT2D eigenvalue weighted by atomic mass is 10.1. The van der Waals surface area contributed by atoms with Crippen molar-refractivity contribution in [3.63, 3.8) is 0 Å². The third kappa shape index (κ3) is 4.56. The summed E-state index contributed by atoms with van der Waals surface area (Å²) in [5, 5.41) is 22.4. The average Bonchev–Trinajstić information content (AvgIpc) is 3.31. The summed E-state index contributed by atoms with van der Waals surface area (Å²) in [6.07, 6.45) is 0. The fourth-order valence-electron chi connectivity index (χ4n) is 3.51. The lowest BCUT2D eigenvalue weighted by Crippen LogP contribution is -2.27. The number of carbonyl (C=O) groups excluding carboxylic acids is 1. The van der Waals surface area contributed by atoms with Gasteiger partial charge in [0.25, 0.3) is 17.5 Å². The van der Waals surface area contributed by atoms with Gasteiger partial charge in [0.15, 0.2) is 11.5 Å². The van der Waals surface area contributed by atoms with Crippen molar-refractivity contribution in [2.45, 2.75) is 33.6 Å². The van der Waals surface area contributed by atoms with Gasteiger partial charge < -0.3 is 9.84 Å². The molecule has 2 aromatic carbocycles. The lowest BCUT2D eigenvalue weighted by Gasteiger charge is -2.13. The molecule has 0 spiro atoms. The molecule has 0 radical (unpaired) electrons. The van der Waals surface area contributed by atoms with E-state index in [1.54, 1.807) is 38.1 Å². The summed E-state index contributed by atoms with van der Waals surface area (Å²) >= 11 is 0. The first-order chi connectivity index (χ1) is 16.7. The Balaban J connectivity index is 1.76. The largest absolute Gasteiger partial charge is 0.334 e. The predicted molar refractivity (Wildman–Crippen MR) is 128 cm³/mol. The van der Waals surface area contributed by atoms with Crippen LogP contribution in [0.5, 0.6) is 0 Å². The Bertz CT molecular complexity index is 1500. The Labute approximate surface area is 199 Å². The maximum atomic E-state index is 13.2. The Morgan fingerprint density at radius 1 is 1.14 bits per heavy atom. The molecule has 1 amide bonds. The molecule has 0 aliphatic heterocycles. The summed E-state index contributed by atoms with van der Waals surface area (Å²) in [5.41, 5.74) is 0.792. The summed E-state index contributed by atoms with van der Waals surface area (Å²) in [7, 11) is 0. The van der Waals surface area contributed by atoms with Crippen LogP contribution in [-0.2, 0) is 0 Å². The molecular weight excluding hydrogens is 452 g/mol. The first kappa shape index (κ1) is 23.5. The van der Waals surface area contributed by atoms with Crippen LogP contribution in [0.2, 0.25) is 0 Å². The molecule has 0 saturated heterocycles. The third-order valence-corrected chi connectivity index (χ3v) is 5.33. The minimum atomic E-state index is -0.776. The van der Waals surface area contributed by atoms with Crippen molar-refractivity contribution in [2.24, 2.45) is 0 Å². The molecule has 0 fully saturated rings. The Morgan fingerprint density at radius 2 is 1.89 bits per heavy atom. The highest BCUT2D eigenvalue weighted by molar-refractivity contribution is 6.05. The van der Waals surface area contributed by atoms with Gasteiger partial charge in [0.2, 0.25) is 5.43 Å². The normalized spacial score (nSPS) is 11.0. The standard InChI is InChI=1S/C24H22N6O5/c1-13(2)22-26-24(35-28-22)16-9-7-8-14(3)20(16)25-23(32)21-19(31)12-15(4)29(27-21)17-10-5-6-11-18(17)30(33)34/h5-13H,1-4H3,(H,25,32). The highest BCUT2D eigenvalue weighted by atomic mass is 16.6. The van der Waals surface area contributed by atoms with Crippen LogP contribution in [-0.4, -0.2) is 30.8 Å². The van der Waals surface area contributed by atoms with Crippen LogP contribution in [0.4, 0.5) is 11.4 Å². The monoisotopic (exact) mass is 474 g/mol. The van der Waals surface area contributed by atoms with Crippen molar-refractivity contribution in [3.8, 4) is 17.1 Å². The topological polar surface area (TPSA) is 146 Å². The zero-order valence-electron chi connectivity index (χ0n) is 19.5. The molecule has 2 heterocycles. The van der Waals surface area contributed by atoms with E-state index in [0.29, 0.717) is 28.3 Å². The van der Waals surface area contributed by atoms with Gasteiger partial charge in [-0.15, -0.1) is 0 Å². The molecule has 35 heavy (non-hydrogen) atoms. The molecule has 178 valence electrons. The van der Waals surface area contributed by atoms with Crippen LogP contribution in [0.25, 0.3) is 17.1 Å². The maximum Gasteiger partial charge on any atom is 0.294 e. The summed E-state index contributed by atoms with van der Waals surface area (Å²) < 4.78 is 6.60. The van der Waals surface area contributed by atoms with Crippen LogP contribution in [0, 0.1) is 24.0 Å². The lowest BCUT2D eigenvalue weighted by molar-refractivity contribution is -0.384. The molecule has 4 aromatic rings. The van der Waals surface area contributed by atoms with E-state index >= 15 is 0 Å². The number of amides is 1. The van der Waals surface area contributed by atoms with E-state index in [9.17, 15) is 19.7 Å². The predicted octanol–water partition coefficient (Wildman–Crippen LogP) is 4.18. The minimum Gasteiger partial charge on any atom is -0.334 e. The number of nitrogens with one attached hydrogen (secondary N) is 1. The minimum absolute atomic E-state index is 0.0487. The molecule has 0 aliphatic rings.